The fraction of sp³-hybridized carbons (Fsp3) is 0. The Morgan fingerprint density at radius 1 is 0.781 bits per heavy atom. The van der Waals surface area contributed by atoms with Gasteiger partial charge in [0.25, 0.3) is 0 Å². The maximum atomic E-state index is 13.7. The first-order chi connectivity index (χ1) is 15.7. The van der Waals surface area contributed by atoms with Crippen molar-refractivity contribution in [3.05, 3.63) is 103 Å². The average Bonchev–Trinajstić information content (AvgIpc) is 2.83. The number of hydrogen-bond donors (Lipinski definition) is 1. The minimum atomic E-state index is -0.310. The van der Waals surface area contributed by atoms with E-state index >= 15 is 0 Å². The molecule has 3 aromatic carbocycles. The van der Waals surface area contributed by atoms with Crippen LogP contribution in [-0.2, 0) is 0 Å². The first kappa shape index (κ1) is 20.0. The summed E-state index contributed by atoms with van der Waals surface area (Å²) >= 11 is 1.56. The maximum Gasteiger partial charge on any atom is 0.164 e. The normalized spacial score (nSPS) is 10.9. The quantitative estimate of drug-likeness (QED) is 0.337. The number of anilines is 3. The molecule has 156 valence electrons. The van der Waals surface area contributed by atoms with Gasteiger partial charge in [-0.25, -0.2) is 19.3 Å². The van der Waals surface area contributed by atoms with Gasteiger partial charge in [0.2, 0.25) is 0 Å². The Kier molecular flexibility index (Phi) is 5.39. The highest BCUT2D eigenvalue weighted by Crippen LogP contribution is 2.43. The summed E-state index contributed by atoms with van der Waals surface area (Å²) in [6.07, 6.45) is 3.17. The van der Waals surface area contributed by atoms with Crippen molar-refractivity contribution in [1.82, 2.24) is 15.0 Å². The number of phenolic OH excluding ortho intramolecular Hbond substituents is 1. The zero-order valence-electron chi connectivity index (χ0n) is 16.8. The fourth-order valence-corrected chi connectivity index (χ4v) is 4.33. The van der Waals surface area contributed by atoms with Crippen LogP contribution in [0.4, 0.5) is 21.6 Å². The topological polar surface area (TPSA) is 62.1 Å². The van der Waals surface area contributed by atoms with Gasteiger partial charge in [-0.3, -0.25) is 4.90 Å². The lowest BCUT2D eigenvalue weighted by molar-refractivity contribution is 0.475. The summed E-state index contributed by atoms with van der Waals surface area (Å²) in [6.45, 7) is 0. The molecule has 0 aliphatic heterocycles. The second kappa shape index (κ2) is 8.64. The molecular formula is C25H17FN4OS. The van der Waals surface area contributed by atoms with Gasteiger partial charge < -0.3 is 5.11 Å². The summed E-state index contributed by atoms with van der Waals surface area (Å²) in [7, 11) is 0. The third-order valence-corrected chi connectivity index (χ3v) is 5.93. The average molecular weight is 441 g/mol. The van der Waals surface area contributed by atoms with Gasteiger partial charge in [0, 0.05) is 21.7 Å². The van der Waals surface area contributed by atoms with Crippen molar-refractivity contribution in [3.63, 3.8) is 0 Å². The summed E-state index contributed by atoms with van der Waals surface area (Å²) in [4.78, 5) is 17.2. The van der Waals surface area contributed by atoms with Crippen molar-refractivity contribution < 1.29 is 9.50 Å². The molecule has 0 amide bonds. The number of aromatic hydroxyl groups is 1. The molecule has 2 aromatic heterocycles. The van der Waals surface area contributed by atoms with Crippen LogP contribution in [0.5, 0.6) is 5.75 Å². The van der Waals surface area contributed by atoms with Gasteiger partial charge in [0.15, 0.2) is 11.5 Å². The second-order valence-corrected chi connectivity index (χ2v) is 8.06. The van der Waals surface area contributed by atoms with E-state index in [9.17, 15) is 9.50 Å². The highest BCUT2D eigenvalue weighted by atomic mass is 32.2. The van der Waals surface area contributed by atoms with Crippen LogP contribution >= 0.6 is 11.8 Å². The molecule has 0 saturated heterocycles. The lowest BCUT2D eigenvalue weighted by atomic mass is 10.2. The number of rotatable bonds is 5. The van der Waals surface area contributed by atoms with Gasteiger partial charge in [-0.15, -0.1) is 0 Å². The number of para-hydroxylation sites is 1. The number of aromatic nitrogens is 3. The van der Waals surface area contributed by atoms with E-state index in [-0.39, 0.29) is 11.6 Å². The largest absolute Gasteiger partial charge is 0.508 e. The van der Waals surface area contributed by atoms with Gasteiger partial charge >= 0.3 is 0 Å². The van der Waals surface area contributed by atoms with E-state index in [1.807, 2.05) is 53.4 Å². The molecular weight excluding hydrogens is 423 g/mol. The van der Waals surface area contributed by atoms with Crippen molar-refractivity contribution in [2.24, 2.45) is 0 Å². The highest BCUT2D eigenvalue weighted by molar-refractivity contribution is 7.99. The van der Waals surface area contributed by atoms with Crippen LogP contribution < -0.4 is 4.90 Å². The van der Waals surface area contributed by atoms with E-state index in [2.05, 4.69) is 15.0 Å². The van der Waals surface area contributed by atoms with Crippen LogP contribution in [-0.4, -0.2) is 20.1 Å². The van der Waals surface area contributed by atoms with E-state index in [1.165, 1.54) is 18.5 Å². The van der Waals surface area contributed by atoms with Crippen LogP contribution in [0, 0.1) is 5.82 Å². The Morgan fingerprint density at radius 3 is 2.38 bits per heavy atom. The molecule has 5 rings (SSSR count). The summed E-state index contributed by atoms with van der Waals surface area (Å²) in [5.74, 6) is 0.554. The summed E-state index contributed by atoms with van der Waals surface area (Å²) in [5, 5.41) is 10.4. The zero-order chi connectivity index (χ0) is 21.9. The number of halogens is 1. The first-order valence-corrected chi connectivity index (χ1v) is 10.7. The van der Waals surface area contributed by atoms with E-state index in [0.717, 1.165) is 26.6 Å². The Hall–Kier alpha value is -3.97. The van der Waals surface area contributed by atoms with Gasteiger partial charge in [-0.1, -0.05) is 23.9 Å². The molecule has 0 saturated carbocycles. The number of phenols is 1. The Balaban J connectivity index is 1.70. The molecule has 0 atom stereocenters. The van der Waals surface area contributed by atoms with Crippen molar-refractivity contribution in [2.75, 3.05) is 4.90 Å². The molecule has 5 nitrogen and oxygen atoms in total. The summed E-state index contributed by atoms with van der Waals surface area (Å²) < 4.78 is 13.7. The van der Waals surface area contributed by atoms with Crippen molar-refractivity contribution in [1.29, 1.82) is 0 Å². The molecule has 0 unspecified atom stereocenters. The van der Waals surface area contributed by atoms with E-state index in [4.69, 9.17) is 0 Å². The Morgan fingerprint density at radius 2 is 1.56 bits per heavy atom. The van der Waals surface area contributed by atoms with Gasteiger partial charge in [-0.05, 0) is 72.8 Å². The van der Waals surface area contributed by atoms with Crippen molar-refractivity contribution in [3.8, 4) is 5.75 Å². The van der Waals surface area contributed by atoms with Gasteiger partial charge in [0.1, 0.15) is 17.9 Å². The minimum Gasteiger partial charge on any atom is -0.508 e. The van der Waals surface area contributed by atoms with Crippen LogP contribution in [0.25, 0.3) is 11.0 Å². The zero-order valence-corrected chi connectivity index (χ0v) is 17.6. The molecule has 0 radical (unpaired) electrons. The number of benzene rings is 3. The minimum absolute atomic E-state index is 0.218. The highest BCUT2D eigenvalue weighted by Gasteiger charge is 2.20. The third-order valence-electron chi connectivity index (χ3n) is 4.85. The predicted octanol–water partition coefficient (Wildman–Crippen LogP) is 6.49. The number of fused-ring (bicyclic) bond motifs is 1. The van der Waals surface area contributed by atoms with E-state index in [1.54, 1.807) is 42.2 Å². The van der Waals surface area contributed by atoms with Crippen LogP contribution in [0.15, 0.2) is 107 Å². The number of pyridine rings is 1. The lowest BCUT2D eigenvalue weighted by Crippen LogP contribution is -2.13. The summed E-state index contributed by atoms with van der Waals surface area (Å²) in [6, 6.07) is 25.1. The Labute approximate surface area is 188 Å². The molecule has 0 spiro atoms. The summed E-state index contributed by atoms with van der Waals surface area (Å²) in [5.41, 5.74) is 2.21. The van der Waals surface area contributed by atoms with Gasteiger partial charge in [-0.2, -0.15) is 0 Å². The van der Waals surface area contributed by atoms with Crippen LogP contribution in [0.3, 0.4) is 0 Å². The molecule has 2 heterocycles. The Bertz CT molecular complexity index is 1370. The third kappa shape index (κ3) is 3.98. The molecule has 1 N–H and O–H groups in total. The van der Waals surface area contributed by atoms with Crippen molar-refractivity contribution >= 4 is 40.0 Å². The van der Waals surface area contributed by atoms with E-state index < -0.39 is 0 Å². The molecule has 0 fully saturated rings. The number of nitrogens with zero attached hydrogens (tertiary/aromatic N) is 4. The standard InChI is InChI=1S/C25H17FN4OS/c26-17-7-9-18(10-8-17)30(25-21-4-3-15-27-24(21)28-16-29-25)22-5-1-2-6-23(22)32-20-13-11-19(31)12-14-20/h1-16,31H. The SMILES string of the molecule is Oc1ccc(Sc2ccccc2N(c2ccc(F)cc2)c2ncnc3ncccc23)cc1. The molecule has 0 aliphatic carbocycles. The molecule has 5 aromatic rings. The fourth-order valence-electron chi connectivity index (χ4n) is 3.40. The van der Waals surface area contributed by atoms with Crippen molar-refractivity contribution in [2.45, 2.75) is 9.79 Å². The predicted molar refractivity (Wildman–Crippen MR) is 124 cm³/mol. The van der Waals surface area contributed by atoms with Crippen LogP contribution in [0.2, 0.25) is 0 Å². The first-order valence-electron chi connectivity index (χ1n) is 9.86. The lowest BCUT2D eigenvalue weighted by Gasteiger charge is -2.27. The molecule has 7 heteroatoms. The monoisotopic (exact) mass is 440 g/mol. The van der Waals surface area contributed by atoms with Crippen LogP contribution in [0.1, 0.15) is 0 Å². The molecule has 0 aliphatic rings. The van der Waals surface area contributed by atoms with Gasteiger partial charge in [0.05, 0.1) is 11.1 Å². The second-order valence-electron chi connectivity index (χ2n) is 6.95. The van der Waals surface area contributed by atoms with E-state index in [0.29, 0.717) is 11.5 Å². The molecule has 32 heavy (non-hydrogen) atoms. The maximum absolute atomic E-state index is 13.7. The number of hydrogen-bond acceptors (Lipinski definition) is 6. The smallest absolute Gasteiger partial charge is 0.164 e. The molecule has 0 bridgehead atoms.